The number of likely N-dealkylation sites (N-methyl/N-ethyl adjacent to an activating group) is 1. The first-order valence-electron chi connectivity index (χ1n) is 7.58. The van der Waals surface area contributed by atoms with E-state index in [0.717, 1.165) is 30.0 Å². The smallest absolute Gasteiger partial charge is 0.341 e. The number of carbonyl (C=O) groups is 2. The number of thiophene rings is 1. The van der Waals surface area contributed by atoms with Gasteiger partial charge in [-0.2, -0.15) is 0 Å². The van der Waals surface area contributed by atoms with Crippen LogP contribution < -0.4 is 10.2 Å². The summed E-state index contributed by atoms with van der Waals surface area (Å²) in [6.07, 6.45) is 2.25. The van der Waals surface area contributed by atoms with Crippen LogP contribution in [0.4, 0.5) is 5.00 Å². The van der Waals surface area contributed by atoms with E-state index in [9.17, 15) is 9.59 Å². The summed E-state index contributed by atoms with van der Waals surface area (Å²) < 4.78 is 10.3. The number of ether oxygens (including phenoxy) is 1. The van der Waals surface area contributed by atoms with E-state index in [0.29, 0.717) is 17.2 Å². The number of rotatable bonds is 4. The van der Waals surface area contributed by atoms with E-state index < -0.39 is 0 Å². The maximum Gasteiger partial charge on any atom is 0.341 e. The molecular formula is C16H19N2O4S+. The summed E-state index contributed by atoms with van der Waals surface area (Å²) in [5.74, 6) is -0.520. The molecule has 2 aromatic heterocycles. The van der Waals surface area contributed by atoms with Gasteiger partial charge in [-0.25, -0.2) is 4.79 Å². The molecule has 1 atom stereocenters. The molecule has 3 heterocycles. The Morgan fingerprint density at radius 1 is 1.48 bits per heavy atom. The number of nitrogens with one attached hydrogen (secondary N) is 2. The van der Waals surface area contributed by atoms with Crippen molar-refractivity contribution < 1.29 is 23.6 Å². The average molecular weight is 335 g/mol. The van der Waals surface area contributed by atoms with Gasteiger partial charge in [-0.3, -0.25) is 4.79 Å². The van der Waals surface area contributed by atoms with E-state index >= 15 is 0 Å². The van der Waals surface area contributed by atoms with Gasteiger partial charge in [0.15, 0.2) is 5.76 Å². The predicted molar refractivity (Wildman–Crippen MR) is 86.1 cm³/mol. The highest BCUT2D eigenvalue weighted by Gasteiger charge is 2.30. The van der Waals surface area contributed by atoms with Crippen molar-refractivity contribution in [1.29, 1.82) is 0 Å². The number of hydrogen-bond acceptors (Lipinski definition) is 5. The zero-order valence-corrected chi connectivity index (χ0v) is 13.9. The lowest BCUT2D eigenvalue weighted by Gasteiger charge is -2.19. The maximum absolute atomic E-state index is 12.4. The Hall–Kier alpha value is -2.12. The van der Waals surface area contributed by atoms with Gasteiger partial charge in [0, 0.05) is 6.42 Å². The molecule has 2 N–H and O–H groups in total. The average Bonchev–Trinajstić information content (AvgIpc) is 3.14. The van der Waals surface area contributed by atoms with Gasteiger partial charge in [-0.1, -0.05) is 0 Å². The summed E-state index contributed by atoms with van der Waals surface area (Å²) in [7, 11) is 2.12. The Morgan fingerprint density at radius 2 is 2.30 bits per heavy atom. The first kappa shape index (κ1) is 15.8. The van der Waals surface area contributed by atoms with E-state index in [2.05, 4.69) is 12.4 Å². The Labute approximate surface area is 138 Å². The second-order valence-electron chi connectivity index (χ2n) is 5.49. The minimum atomic E-state index is -0.376. The highest BCUT2D eigenvalue weighted by molar-refractivity contribution is 7.17. The molecule has 0 saturated heterocycles. The molecule has 6 nitrogen and oxygen atoms in total. The molecule has 0 bridgehead atoms. The zero-order chi connectivity index (χ0) is 16.4. The molecule has 1 aliphatic rings. The minimum absolute atomic E-state index is 0.217. The molecule has 0 fully saturated rings. The molecule has 0 aromatic carbocycles. The standard InChI is InChI=1S/C16H18N2O4S/c1-3-21-16(20)13-10-6-7-18(2)9-12(10)23-15(13)17-14(19)11-5-4-8-22-11/h4-5,8H,3,6-7,9H2,1-2H3,(H,17,19)/p+1. The van der Waals surface area contributed by atoms with E-state index in [1.807, 2.05) is 0 Å². The van der Waals surface area contributed by atoms with E-state index in [-0.39, 0.29) is 17.6 Å². The lowest BCUT2D eigenvalue weighted by molar-refractivity contribution is -0.895. The fourth-order valence-electron chi connectivity index (χ4n) is 2.70. The Kier molecular flexibility index (Phi) is 4.49. The molecule has 2 aromatic rings. The van der Waals surface area contributed by atoms with Gasteiger partial charge >= 0.3 is 5.97 Å². The van der Waals surface area contributed by atoms with Gasteiger partial charge in [-0.05, 0) is 24.6 Å². The summed E-state index contributed by atoms with van der Waals surface area (Å²) in [6, 6.07) is 3.24. The molecule has 0 saturated carbocycles. The zero-order valence-electron chi connectivity index (χ0n) is 13.1. The van der Waals surface area contributed by atoms with Crippen molar-refractivity contribution >= 4 is 28.2 Å². The second-order valence-corrected chi connectivity index (χ2v) is 6.60. The van der Waals surface area contributed by atoms with Gasteiger partial charge in [0.25, 0.3) is 5.91 Å². The fourth-order valence-corrected chi connectivity index (χ4v) is 4.04. The lowest BCUT2D eigenvalue weighted by Crippen LogP contribution is -3.08. The maximum atomic E-state index is 12.4. The lowest BCUT2D eigenvalue weighted by atomic mass is 10.0. The minimum Gasteiger partial charge on any atom is -0.462 e. The summed E-state index contributed by atoms with van der Waals surface area (Å²) >= 11 is 1.45. The highest BCUT2D eigenvalue weighted by atomic mass is 32.1. The quantitative estimate of drug-likeness (QED) is 0.827. The molecule has 0 aliphatic carbocycles. The van der Waals surface area contributed by atoms with Crippen LogP contribution in [0.3, 0.4) is 0 Å². The molecular weight excluding hydrogens is 316 g/mol. The second kappa shape index (κ2) is 6.55. The molecule has 0 radical (unpaired) electrons. The Balaban J connectivity index is 1.95. The van der Waals surface area contributed by atoms with Crippen LogP contribution in [0.2, 0.25) is 0 Å². The van der Waals surface area contributed by atoms with Crippen molar-refractivity contribution in [3.05, 3.63) is 40.2 Å². The first-order valence-corrected chi connectivity index (χ1v) is 8.39. The molecule has 1 aliphatic heterocycles. The Bertz CT molecular complexity index is 721. The summed E-state index contributed by atoms with van der Waals surface area (Å²) in [5, 5.41) is 3.35. The summed E-state index contributed by atoms with van der Waals surface area (Å²) in [4.78, 5) is 27.1. The third-order valence-electron chi connectivity index (χ3n) is 3.81. The van der Waals surface area contributed by atoms with Crippen molar-refractivity contribution in [2.24, 2.45) is 0 Å². The number of amides is 1. The predicted octanol–water partition coefficient (Wildman–Crippen LogP) is 1.34. The van der Waals surface area contributed by atoms with Crippen LogP contribution in [0.25, 0.3) is 0 Å². The van der Waals surface area contributed by atoms with Crippen LogP contribution in [0.1, 0.15) is 38.3 Å². The SMILES string of the molecule is CCOC(=O)c1c(NC(=O)c2ccco2)sc2c1CC[NH+](C)C2. The topological polar surface area (TPSA) is 73.0 Å². The van der Waals surface area contributed by atoms with Crippen LogP contribution in [0, 0.1) is 0 Å². The molecule has 23 heavy (non-hydrogen) atoms. The third-order valence-corrected chi connectivity index (χ3v) is 4.95. The molecule has 3 rings (SSSR count). The van der Waals surface area contributed by atoms with Crippen LogP contribution in [-0.2, 0) is 17.7 Å². The number of hydrogen-bond donors (Lipinski definition) is 2. The molecule has 122 valence electrons. The number of fused-ring (bicyclic) bond motifs is 1. The van der Waals surface area contributed by atoms with Crippen LogP contribution in [0.5, 0.6) is 0 Å². The van der Waals surface area contributed by atoms with Gasteiger partial charge in [0.05, 0.1) is 36.9 Å². The summed E-state index contributed by atoms with van der Waals surface area (Å²) in [6.45, 7) is 3.89. The number of anilines is 1. The monoisotopic (exact) mass is 335 g/mol. The van der Waals surface area contributed by atoms with Crippen molar-refractivity contribution in [2.75, 3.05) is 25.5 Å². The van der Waals surface area contributed by atoms with E-state index in [4.69, 9.17) is 9.15 Å². The third kappa shape index (κ3) is 3.16. The summed E-state index contributed by atoms with van der Waals surface area (Å²) in [5.41, 5.74) is 1.51. The molecule has 7 heteroatoms. The number of furan rings is 1. The van der Waals surface area contributed by atoms with Crippen molar-refractivity contribution in [3.8, 4) is 0 Å². The van der Waals surface area contributed by atoms with Crippen molar-refractivity contribution in [3.63, 3.8) is 0 Å². The van der Waals surface area contributed by atoms with Crippen molar-refractivity contribution in [1.82, 2.24) is 0 Å². The van der Waals surface area contributed by atoms with E-state index in [1.165, 1.54) is 22.5 Å². The first-order chi connectivity index (χ1) is 11.1. The van der Waals surface area contributed by atoms with Crippen LogP contribution >= 0.6 is 11.3 Å². The van der Waals surface area contributed by atoms with Crippen LogP contribution in [0.15, 0.2) is 22.8 Å². The number of quaternary nitrogens is 1. The molecule has 0 spiro atoms. The number of carbonyl (C=O) groups excluding carboxylic acids is 2. The van der Waals surface area contributed by atoms with Crippen molar-refractivity contribution in [2.45, 2.75) is 19.9 Å². The van der Waals surface area contributed by atoms with E-state index in [1.54, 1.807) is 19.1 Å². The Morgan fingerprint density at radius 3 is 3.00 bits per heavy atom. The number of esters is 1. The fraction of sp³-hybridized carbons (Fsp3) is 0.375. The van der Waals surface area contributed by atoms with Gasteiger partial charge in [0.2, 0.25) is 0 Å². The normalized spacial score (nSPS) is 16.7. The highest BCUT2D eigenvalue weighted by Crippen LogP contribution is 2.35. The largest absolute Gasteiger partial charge is 0.462 e. The van der Waals surface area contributed by atoms with Gasteiger partial charge < -0.3 is 19.4 Å². The molecule has 1 unspecified atom stereocenters. The van der Waals surface area contributed by atoms with Gasteiger partial charge in [-0.15, -0.1) is 11.3 Å². The van der Waals surface area contributed by atoms with Crippen LogP contribution in [-0.4, -0.2) is 32.1 Å². The van der Waals surface area contributed by atoms with Gasteiger partial charge in [0.1, 0.15) is 11.5 Å². The molecule has 1 amide bonds.